The van der Waals surface area contributed by atoms with Gasteiger partial charge in [-0.1, -0.05) is 12.1 Å². The van der Waals surface area contributed by atoms with Gasteiger partial charge in [-0.05, 0) is 24.6 Å². The summed E-state index contributed by atoms with van der Waals surface area (Å²) >= 11 is 0. The van der Waals surface area contributed by atoms with E-state index in [0.29, 0.717) is 13.2 Å². The Morgan fingerprint density at radius 2 is 1.68 bits per heavy atom. The van der Waals surface area contributed by atoms with Crippen LogP contribution in [0.5, 0.6) is 5.75 Å². The van der Waals surface area contributed by atoms with E-state index in [9.17, 15) is 0 Å². The summed E-state index contributed by atoms with van der Waals surface area (Å²) in [6.45, 7) is 3.25. The van der Waals surface area contributed by atoms with E-state index in [1.807, 2.05) is 19.1 Å². The average Bonchev–Trinajstić information content (AvgIpc) is 2.41. The fraction of sp³-hybridized carbons (Fsp3) is 0.600. The summed E-state index contributed by atoms with van der Waals surface area (Å²) < 4.78 is 16.4. The van der Waals surface area contributed by atoms with Gasteiger partial charge in [-0.25, -0.2) is 0 Å². The molecule has 0 atom stereocenters. The molecule has 1 fully saturated rings. The van der Waals surface area contributed by atoms with Crippen LogP contribution in [-0.4, -0.2) is 33.2 Å². The lowest BCUT2D eigenvalue weighted by atomic mass is 9.60. The lowest BCUT2D eigenvalue weighted by molar-refractivity contribution is -0.277. The second-order valence-electron chi connectivity index (χ2n) is 5.11. The van der Waals surface area contributed by atoms with Crippen molar-refractivity contribution in [1.29, 1.82) is 0 Å². The van der Waals surface area contributed by atoms with Gasteiger partial charge in [0.2, 0.25) is 0 Å². The maximum absolute atomic E-state index is 5.99. The molecule has 1 aromatic rings. The third-order valence-corrected chi connectivity index (χ3v) is 4.13. The molecule has 0 amide bonds. The maximum atomic E-state index is 5.99. The summed E-state index contributed by atoms with van der Waals surface area (Å²) in [5, 5.41) is 0. The van der Waals surface area contributed by atoms with Gasteiger partial charge in [0.25, 0.3) is 0 Å². The molecule has 106 valence electrons. The van der Waals surface area contributed by atoms with Gasteiger partial charge in [0.15, 0.2) is 5.79 Å². The minimum atomic E-state index is -0.474. The average molecular weight is 265 g/mol. The van der Waals surface area contributed by atoms with Crippen molar-refractivity contribution in [2.75, 3.05) is 27.4 Å². The van der Waals surface area contributed by atoms with Crippen LogP contribution >= 0.6 is 0 Å². The number of methoxy groups -OCH3 is 2. The monoisotopic (exact) mass is 265 g/mol. The normalized spacial score (nSPS) is 19.8. The molecule has 2 N–H and O–H groups in total. The molecular weight excluding hydrogens is 242 g/mol. The molecule has 0 bridgehead atoms. The topological polar surface area (TPSA) is 53.7 Å². The molecule has 0 heterocycles. The molecular formula is C15H23NO3. The largest absolute Gasteiger partial charge is 0.494 e. The van der Waals surface area contributed by atoms with Crippen molar-refractivity contribution < 1.29 is 14.2 Å². The van der Waals surface area contributed by atoms with E-state index in [-0.39, 0.29) is 5.41 Å². The zero-order valence-electron chi connectivity index (χ0n) is 11.9. The first-order valence-electron chi connectivity index (χ1n) is 6.67. The van der Waals surface area contributed by atoms with E-state index in [4.69, 9.17) is 19.9 Å². The SMILES string of the molecule is CCOc1ccc(C2(CN)CC(OC)(OC)C2)cc1. The fourth-order valence-electron chi connectivity index (χ4n) is 2.89. The Morgan fingerprint density at radius 3 is 2.11 bits per heavy atom. The van der Waals surface area contributed by atoms with Crippen LogP contribution in [0, 0.1) is 0 Å². The molecule has 0 unspecified atom stereocenters. The quantitative estimate of drug-likeness (QED) is 0.800. The molecule has 0 aliphatic heterocycles. The number of benzene rings is 1. The van der Waals surface area contributed by atoms with Crippen LogP contribution in [0.3, 0.4) is 0 Å². The van der Waals surface area contributed by atoms with Crippen LogP contribution in [0.25, 0.3) is 0 Å². The first-order chi connectivity index (χ1) is 9.13. The molecule has 0 aromatic heterocycles. The predicted octanol–water partition coefficient (Wildman–Crippen LogP) is 2.06. The zero-order chi connectivity index (χ0) is 13.9. The summed E-state index contributed by atoms with van der Waals surface area (Å²) in [6.07, 6.45) is 1.58. The molecule has 1 aliphatic rings. The van der Waals surface area contributed by atoms with Crippen molar-refractivity contribution in [3.63, 3.8) is 0 Å². The van der Waals surface area contributed by atoms with Crippen molar-refractivity contribution in [3.8, 4) is 5.75 Å². The van der Waals surface area contributed by atoms with Gasteiger partial charge in [-0.3, -0.25) is 0 Å². The lowest BCUT2D eigenvalue weighted by Crippen LogP contribution is -2.60. The standard InChI is InChI=1S/C15H23NO3/c1-4-19-13-7-5-12(6-8-13)14(11-16)9-15(10-14,17-2)18-3/h5-8H,4,9-11,16H2,1-3H3. The van der Waals surface area contributed by atoms with Crippen molar-refractivity contribution in [2.45, 2.75) is 31.0 Å². The molecule has 0 saturated heterocycles. The number of rotatable bonds is 6. The highest BCUT2D eigenvalue weighted by Crippen LogP contribution is 2.51. The van der Waals surface area contributed by atoms with Gasteiger partial charge in [0.05, 0.1) is 6.61 Å². The van der Waals surface area contributed by atoms with Gasteiger partial charge >= 0.3 is 0 Å². The van der Waals surface area contributed by atoms with E-state index in [1.54, 1.807) is 14.2 Å². The first kappa shape index (κ1) is 14.3. The van der Waals surface area contributed by atoms with Gasteiger partial charge in [-0.15, -0.1) is 0 Å². The third-order valence-electron chi connectivity index (χ3n) is 4.13. The highest BCUT2D eigenvalue weighted by Gasteiger charge is 2.55. The highest BCUT2D eigenvalue weighted by atomic mass is 16.7. The van der Waals surface area contributed by atoms with Crippen molar-refractivity contribution >= 4 is 0 Å². The van der Waals surface area contributed by atoms with Gasteiger partial charge in [-0.2, -0.15) is 0 Å². The summed E-state index contributed by atoms with van der Waals surface area (Å²) in [4.78, 5) is 0. The summed E-state index contributed by atoms with van der Waals surface area (Å²) in [5.41, 5.74) is 7.17. The predicted molar refractivity (Wildman–Crippen MR) is 74.3 cm³/mol. The first-order valence-corrected chi connectivity index (χ1v) is 6.67. The van der Waals surface area contributed by atoms with Crippen molar-refractivity contribution in [2.24, 2.45) is 5.73 Å². The minimum Gasteiger partial charge on any atom is -0.494 e. The van der Waals surface area contributed by atoms with Crippen LogP contribution in [0.2, 0.25) is 0 Å². The van der Waals surface area contributed by atoms with Crippen LogP contribution in [0.4, 0.5) is 0 Å². The number of nitrogens with two attached hydrogens (primary N) is 1. The van der Waals surface area contributed by atoms with Crippen LogP contribution < -0.4 is 10.5 Å². The number of ether oxygens (including phenoxy) is 3. The van der Waals surface area contributed by atoms with Crippen LogP contribution in [0.1, 0.15) is 25.3 Å². The second-order valence-corrected chi connectivity index (χ2v) is 5.11. The highest BCUT2D eigenvalue weighted by molar-refractivity contribution is 5.36. The molecule has 19 heavy (non-hydrogen) atoms. The molecule has 2 rings (SSSR count). The van der Waals surface area contributed by atoms with Gasteiger partial charge < -0.3 is 19.9 Å². The van der Waals surface area contributed by atoms with Crippen LogP contribution in [0.15, 0.2) is 24.3 Å². The molecule has 1 aromatic carbocycles. The molecule has 0 spiro atoms. The van der Waals surface area contributed by atoms with E-state index in [1.165, 1.54) is 5.56 Å². The Labute approximate surface area is 114 Å². The van der Waals surface area contributed by atoms with E-state index >= 15 is 0 Å². The Hall–Kier alpha value is -1.10. The van der Waals surface area contributed by atoms with Gasteiger partial charge in [0, 0.05) is 39.0 Å². The van der Waals surface area contributed by atoms with E-state index < -0.39 is 5.79 Å². The minimum absolute atomic E-state index is 0.0449. The smallest absolute Gasteiger partial charge is 0.169 e. The van der Waals surface area contributed by atoms with E-state index in [0.717, 1.165) is 18.6 Å². The van der Waals surface area contributed by atoms with Crippen molar-refractivity contribution in [1.82, 2.24) is 0 Å². The fourth-order valence-corrected chi connectivity index (χ4v) is 2.89. The Balaban J connectivity index is 2.15. The zero-order valence-corrected chi connectivity index (χ0v) is 11.9. The number of hydrogen-bond donors (Lipinski definition) is 1. The summed E-state index contributed by atoms with van der Waals surface area (Å²) in [5.74, 6) is 0.417. The summed E-state index contributed by atoms with van der Waals surface area (Å²) in [6, 6.07) is 8.17. The molecule has 1 aliphatic carbocycles. The Kier molecular flexibility index (Phi) is 4.13. The molecule has 4 heteroatoms. The molecule has 0 radical (unpaired) electrons. The maximum Gasteiger partial charge on any atom is 0.169 e. The molecule has 1 saturated carbocycles. The molecule has 4 nitrogen and oxygen atoms in total. The van der Waals surface area contributed by atoms with Gasteiger partial charge in [0.1, 0.15) is 5.75 Å². The lowest BCUT2D eigenvalue weighted by Gasteiger charge is -2.54. The summed E-state index contributed by atoms with van der Waals surface area (Å²) in [7, 11) is 3.37. The Morgan fingerprint density at radius 1 is 1.11 bits per heavy atom. The second kappa shape index (κ2) is 5.49. The van der Waals surface area contributed by atoms with E-state index in [2.05, 4.69) is 12.1 Å². The van der Waals surface area contributed by atoms with Crippen molar-refractivity contribution in [3.05, 3.63) is 29.8 Å². The third kappa shape index (κ3) is 2.48. The van der Waals surface area contributed by atoms with Crippen LogP contribution in [-0.2, 0) is 14.9 Å². The number of hydrogen-bond acceptors (Lipinski definition) is 4. The Bertz CT molecular complexity index is 404.